The SMILES string of the molecule is Cc1ccc(NC(=O)N2CCC(N3CCN(Cc4ccc(F)cc4)C(=O)C3=O)CC2)cc1C. The van der Waals surface area contributed by atoms with Crippen LogP contribution < -0.4 is 5.32 Å². The van der Waals surface area contributed by atoms with E-state index in [9.17, 15) is 18.8 Å². The highest BCUT2D eigenvalue weighted by Crippen LogP contribution is 2.22. The number of hydrogen-bond donors (Lipinski definition) is 1. The molecule has 1 N–H and O–H groups in total. The molecule has 2 fully saturated rings. The van der Waals surface area contributed by atoms with Crippen LogP contribution in [0.5, 0.6) is 0 Å². The number of carbonyl (C=O) groups excluding carboxylic acids is 3. The lowest BCUT2D eigenvalue weighted by Gasteiger charge is -2.42. The summed E-state index contributed by atoms with van der Waals surface area (Å²) in [5, 5.41) is 2.94. The molecule has 2 aliphatic rings. The number of amides is 4. The van der Waals surface area contributed by atoms with Crippen molar-refractivity contribution in [3.05, 3.63) is 65.0 Å². The molecule has 2 aromatic carbocycles. The van der Waals surface area contributed by atoms with Crippen molar-refractivity contribution in [1.29, 1.82) is 0 Å². The number of hydrogen-bond acceptors (Lipinski definition) is 3. The first-order valence-electron chi connectivity index (χ1n) is 11.3. The summed E-state index contributed by atoms with van der Waals surface area (Å²) in [5.74, 6) is -1.36. The fourth-order valence-corrected chi connectivity index (χ4v) is 4.40. The molecule has 2 aliphatic heterocycles. The molecule has 0 spiro atoms. The Bertz CT molecular complexity index is 1050. The Morgan fingerprint density at radius 2 is 1.64 bits per heavy atom. The smallest absolute Gasteiger partial charge is 0.321 e. The molecule has 0 atom stereocenters. The number of nitrogens with one attached hydrogen (secondary N) is 1. The topological polar surface area (TPSA) is 73.0 Å². The van der Waals surface area contributed by atoms with E-state index in [1.165, 1.54) is 22.6 Å². The summed E-state index contributed by atoms with van der Waals surface area (Å²) in [6.07, 6.45) is 1.27. The molecule has 0 radical (unpaired) electrons. The Morgan fingerprint density at radius 1 is 0.939 bits per heavy atom. The summed E-state index contributed by atoms with van der Waals surface area (Å²) >= 11 is 0. The van der Waals surface area contributed by atoms with Gasteiger partial charge in [0, 0.05) is 44.5 Å². The lowest BCUT2D eigenvalue weighted by Crippen LogP contribution is -2.59. The van der Waals surface area contributed by atoms with Gasteiger partial charge in [0.05, 0.1) is 0 Å². The van der Waals surface area contributed by atoms with E-state index in [-0.39, 0.29) is 24.4 Å². The van der Waals surface area contributed by atoms with Crippen LogP contribution in [0.15, 0.2) is 42.5 Å². The van der Waals surface area contributed by atoms with Gasteiger partial charge in [0.15, 0.2) is 0 Å². The van der Waals surface area contributed by atoms with Gasteiger partial charge in [-0.3, -0.25) is 9.59 Å². The largest absolute Gasteiger partial charge is 0.330 e. The van der Waals surface area contributed by atoms with Crippen LogP contribution in [0.3, 0.4) is 0 Å². The average Bonchev–Trinajstić information content (AvgIpc) is 2.81. The van der Waals surface area contributed by atoms with Gasteiger partial charge >= 0.3 is 17.8 Å². The Labute approximate surface area is 193 Å². The van der Waals surface area contributed by atoms with Gasteiger partial charge in [0.25, 0.3) is 0 Å². The zero-order chi connectivity index (χ0) is 23.5. The Kier molecular flexibility index (Phi) is 6.62. The summed E-state index contributed by atoms with van der Waals surface area (Å²) in [6, 6.07) is 11.6. The minimum atomic E-state index is -0.527. The fraction of sp³-hybridized carbons (Fsp3) is 0.400. The van der Waals surface area contributed by atoms with E-state index in [2.05, 4.69) is 5.32 Å². The zero-order valence-electron chi connectivity index (χ0n) is 19.0. The third kappa shape index (κ3) is 5.16. The van der Waals surface area contributed by atoms with Crippen molar-refractivity contribution in [1.82, 2.24) is 14.7 Å². The highest BCUT2D eigenvalue weighted by Gasteiger charge is 2.38. The molecule has 0 unspecified atom stereocenters. The molecule has 0 aromatic heterocycles. The number of piperazine rings is 1. The van der Waals surface area contributed by atoms with Gasteiger partial charge in [-0.25, -0.2) is 9.18 Å². The standard InChI is InChI=1S/C25H29FN4O3/c1-17-3-8-21(15-18(17)2)27-25(33)28-11-9-22(10-12-28)30-14-13-29(23(31)24(30)32)16-19-4-6-20(26)7-5-19/h3-8,15,22H,9-14,16H2,1-2H3,(H,27,33). The predicted octanol–water partition coefficient (Wildman–Crippen LogP) is 3.31. The fourth-order valence-electron chi connectivity index (χ4n) is 4.40. The molecule has 174 valence electrons. The normalized spacial score (nSPS) is 17.5. The Morgan fingerprint density at radius 3 is 2.30 bits per heavy atom. The third-order valence-electron chi connectivity index (χ3n) is 6.58. The van der Waals surface area contributed by atoms with Crippen LogP contribution in [0, 0.1) is 19.7 Å². The van der Waals surface area contributed by atoms with Crippen LogP contribution in [0.1, 0.15) is 29.5 Å². The number of piperidine rings is 1. The highest BCUT2D eigenvalue weighted by molar-refractivity contribution is 6.35. The van der Waals surface area contributed by atoms with Gasteiger partial charge in [0.1, 0.15) is 5.82 Å². The molecule has 4 amide bonds. The average molecular weight is 453 g/mol. The van der Waals surface area contributed by atoms with Crippen molar-refractivity contribution < 1.29 is 18.8 Å². The lowest BCUT2D eigenvalue weighted by atomic mass is 10.0. The second-order valence-electron chi connectivity index (χ2n) is 8.80. The van der Waals surface area contributed by atoms with Crippen molar-refractivity contribution >= 4 is 23.5 Å². The maximum absolute atomic E-state index is 13.1. The maximum Gasteiger partial charge on any atom is 0.321 e. The second kappa shape index (κ2) is 9.60. The number of likely N-dealkylation sites (tertiary alicyclic amines) is 1. The van der Waals surface area contributed by atoms with Crippen LogP contribution >= 0.6 is 0 Å². The number of halogens is 1. The van der Waals surface area contributed by atoms with Crippen molar-refractivity contribution in [2.75, 3.05) is 31.5 Å². The van der Waals surface area contributed by atoms with E-state index in [1.54, 1.807) is 21.9 Å². The lowest BCUT2D eigenvalue weighted by molar-refractivity contribution is -0.158. The van der Waals surface area contributed by atoms with E-state index in [0.29, 0.717) is 39.0 Å². The molecular weight excluding hydrogens is 423 g/mol. The number of rotatable bonds is 4. The highest BCUT2D eigenvalue weighted by atomic mass is 19.1. The van der Waals surface area contributed by atoms with Crippen molar-refractivity contribution in [3.63, 3.8) is 0 Å². The predicted molar refractivity (Wildman–Crippen MR) is 123 cm³/mol. The van der Waals surface area contributed by atoms with E-state index in [0.717, 1.165) is 16.8 Å². The molecule has 2 aromatic rings. The molecule has 0 saturated carbocycles. The minimum Gasteiger partial charge on any atom is -0.330 e. The number of aryl methyl sites for hydroxylation is 2. The molecule has 33 heavy (non-hydrogen) atoms. The molecule has 4 rings (SSSR count). The Hall–Kier alpha value is -3.42. The van der Waals surface area contributed by atoms with Crippen LogP contribution in [0.25, 0.3) is 0 Å². The van der Waals surface area contributed by atoms with E-state index in [1.807, 2.05) is 32.0 Å². The van der Waals surface area contributed by atoms with Gasteiger partial charge in [0.2, 0.25) is 0 Å². The first kappa shape index (κ1) is 22.8. The molecule has 0 bridgehead atoms. The van der Waals surface area contributed by atoms with Crippen molar-refractivity contribution in [3.8, 4) is 0 Å². The minimum absolute atomic E-state index is 0.0555. The number of nitrogens with zero attached hydrogens (tertiary/aromatic N) is 3. The van der Waals surface area contributed by atoms with Crippen LogP contribution in [0.4, 0.5) is 14.9 Å². The van der Waals surface area contributed by atoms with Crippen LogP contribution in [-0.4, -0.2) is 64.8 Å². The number of anilines is 1. The van der Waals surface area contributed by atoms with Gasteiger partial charge in [-0.15, -0.1) is 0 Å². The summed E-state index contributed by atoms with van der Waals surface area (Å²) in [4.78, 5) is 43.0. The van der Waals surface area contributed by atoms with Crippen LogP contribution in [0.2, 0.25) is 0 Å². The Balaban J connectivity index is 1.29. The van der Waals surface area contributed by atoms with E-state index in [4.69, 9.17) is 0 Å². The molecular formula is C25H29FN4O3. The molecule has 8 heteroatoms. The first-order valence-corrected chi connectivity index (χ1v) is 11.3. The third-order valence-corrected chi connectivity index (χ3v) is 6.58. The van der Waals surface area contributed by atoms with Crippen molar-refractivity contribution in [2.45, 2.75) is 39.3 Å². The summed E-state index contributed by atoms with van der Waals surface area (Å²) < 4.78 is 13.1. The van der Waals surface area contributed by atoms with E-state index < -0.39 is 11.8 Å². The molecule has 2 saturated heterocycles. The van der Waals surface area contributed by atoms with Crippen molar-refractivity contribution in [2.24, 2.45) is 0 Å². The quantitative estimate of drug-likeness (QED) is 0.724. The molecule has 7 nitrogen and oxygen atoms in total. The van der Waals surface area contributed by atoms with E-state index >= 15 is 0 Å². The van der Waals surface area contributed by atoms with Gasteiger partial charge < -0.3 is 20.0 Å². The van der Waals surface area contributed by atoms with Gasteiger partial charge in [-0.05, 0) is 67.6 Å². The zero-order valence-corrected chi connectivity index (χ0v) is 19.0. The monoisotopic (exact) mass is 452 g/mol. The molecule has 2 heterocycles. The summed E-state index contributed by atoms with van der Waals surface area (Å²) in [5.41, 5.74) is 3.84. The van der Waals surface area contributed by atoms with Gasteiger partial charge in [-0.2, -0.15) is 0 Å². The summed E-state index contributed by atoms with van der Waals surface area (Å²) in [6.45, 7) is 6.28. The van der Waals surface area contributed by atoms with Gasteiger partial charge in [-0.1, -0.05) is 18.2 Å². The van der Waals surface area contributed by atoms with Crippen LogP contribution in [-0.2, 0) is 16.1 Å². The number of benzene rings is 2. The number of urea groups is 1. The summed E-state index contributed by atoms with van der Waals surface area (Å²) in [7, 11) is 0. The second-order valence-corrected chi connectivity index (χ2v) is 8.80. The molecule has 0 aliphatic carbocycles. The first-order chi connectivity index (χ1) is 15.8. The number of carbonyl (C=O) groups is 3. The maximum atomic E-state index is 13.1.